The Hall–Kier alpha value is -1.44. The van der Waals surface area contributed by atoms with E-state index in [-0.39, 0.29) is 6.04 Å². The summed E-state index contributed by atoms with van der Waals surface area (Å²) in [4.78, 5) is 13.2. The van der Waals surface area contributed by atoms with E-state index in [9.17, 15) is 5.11 Å². The van der Waals surface area contributed by atoms with Crippen molar-refractivity contribution in [1.82, 2.24) is 20.2 Å². The molecule has 0 saturated carbocycles. The number of ether oxygens (including phenoxy) is 1. The van der Waals surface area contributed by atoms with E-state index in [0.717, 1.165) is 32.0 Å². The molecule has 1 aliphatic rings. The number of aliphatic hydroxyl groups excluding tert-OH is 1. The maximum absolute atomic E-state index is 9.90. The van der Waals surface area contributed by atoms with Crippen molar-refractivity contribution in [2.45, 2.75) is 39.1 Å². The van der Waals surface area contributed by atoms with Crippen LogP contribution in [0.3, 0.4) is 0 Å². The summed E-state index contributed by atoms with van der Waals surface area (Å²) in [5, 5.41) is 13.1. The van der Waals surface area contributed by atoms with Gasteiger partial charge in [-0.05, 0) is 27.8 Å². The first-order chi connectivity index (χ1) is 10.5. The van der Waals surface area contributed by atoms with Gasteiger partial charge in [-0.15, -0.1) is 0 Å². The molecule has 2 rings (SSSR count). The Labute approximate surface area is 132 Å². The molecule has 1 aliphatic heterocycles. The topological polar surface area (TPSA) is 73.8 Å². The van der Waals surface area contributed by atoms with Crippen molar-refractivity contribution in [3.8, 4) is 5.88 Å². The standard InChI is InChI=1S/C15H27N5O2/c1-11(2)18-14(12(3)21)22-15-13(16-5-6-17-15)20-9-7-19(4)8-10-20/h5-6,11-12,14,18,21H,7-10H2,1-4H3. The van der Waals surface area contributed by atoms with Gasteiger partial charge in [-0.25, -0.2) is 9.97 Å². The van der Waals surface area contributed by atoms with Gasteiger partial charge < -0.3 is 19.6 Å². The smallest absolute Gasteiger partial charge is 0.259 e. The van der Waals surface area contributed by atoms with Crippen LogP contribution in [0.25, 0.3) is 0 Å². The lowest BCUT2D eigenvalue weighted by Gasteiger charge is -2.34. The van der Waals surface area contributed by atoms with Gasteiger partial charge in [0.05, 0.1) is 0 Å². The number of hydrogen-bond acceptors (Lipinski definition) is 7. The van der Waals surface area contributed by atoms with Crippen molar-refractivity contribution in [3.05, 3.63) is 12.4 Å². The molecule has 1 aromatic rings. The highest BCUT2D eigenvalue weighted by Crippen LogP contribution is 2.24. The third-order valence-electron chi connectivity index (χ3n) is 3.62. The third kappa shape index (κ3) is 4.53. The van der Waals surface area contributed by atoms with E-state index < -0.39 is 12.3 Å². The Balaban J connectivity index is 2.13. The summed E-state index contributed by atoms with van der Waals surface area (Å²) in [7, 11) is 2.11. The Kier molecular flexibility index (Phi) is 5.93. The number of aromatic nitrogens is 2. The Bertz CT molecular complexity index is 461. The van der Waals surface area contributed by atoms with Gasteiger partial charge in [-0.1, -0.05) is 0 Å². The second-order valence-electron chi connectivity index (χ2n) is 6.08. The van der Waals surface area contributed by atoms with Crippen LogP contribution < -0.4 is 15.0 Å². The van der Waals surface area contributed by atoms with Crippen LogP contribution in [-0.2, 0) is 0 Å². The summed E-state index contributed by atoms with van der Waals surface area (Å²) in [6.45, 7) is 9.48. The van der Waals surface area contributed by atoms with Gasteiger partial charge in [-0.3, -0.25) is 5.32 Å². The first-order valence-electron chi connectivity index (χ1n) is 7.82. The molecule has 0 spiro atoms. The van der Waals surface area contributed by atoms with Crippen LogP contribution in [-0.4, -0.2) is 71.6 Å². The van der Waals surface area contributed by atoms with Gasteiger partial charge in [-0.2, -0.15) is 0 Å². The minimum Gasteiger partial charge on any atom is -0.453 e. The van der Waals surface area contributed by atoms with Gasteiger partial charge in [0.25, 0.3) is 5.88 Å². The maximum atomic E-state index is 9.90. The fourth-order valence-corrected chi connectivity index (χ4v) is 2.36. The Morgan fingerprint density at radius 1 is 1.14 bits per heavy atom. The number of anilines is 1. The van der Waals surface area contributed by atoms with Crippen LogP contribution in [0.5, 0.6) is 5.88 Å². The molecule has 0 amide bonds. The highest BCUT2D eigenvalue weighted by Gasteiger charge is 2.24. The number of likely N-dealkylation sites (N-methyl/N-ethyl adjacent to an activating group) is 1. The van der Waals surface area contributed by atoms with Crippen molar-refractivity contribution in [1.29, 1.82) is 0 Å². The zero-order chi connectivity index (χ0) is 16.1. The van der Waals surface area contributed by atoms with Crippen molar-refractivity contribution >= 4 is 5.82 Å². The van der Waals surface area contributed by atoms with E-state index in [1.54, 1.807) is 19.3 Å². The zero-order valence-corrected chi connectivity index (χ0v) is 13.9. The summed E-state index contributed by atoms with van der Waals surface area (Å²) in [6.07, 6.45) is 2.13. The van der Waals surface area contributed by atoms with Crippen LogP contribution in [0, 0.1) is 0 Å². The lowest BCUT2D eigenvalue weighted by atomic mass is 10.3. The van der Waals surface area contributed by atoms with Crippen molar-refractivity contribution in [2.24, 2.45) is 0 Å². The van der Waals surface area contributed by atoms with E-state index in [1.165, 1.54) is 0 Å². The molecule has 1 fully saturated rings. The molecule has 1 saturated heterocycles. The number of piperazine rings is 1. The fraction of sp³-hybridized carbons (Fsp3) is 0.733. The molecule has 0 bridgehead atoms. The highest BCUT2D eigenvalue weighted by atomic mass is 16.5. The van der Waals surface area contributed by atoms with Crippen LogP contribution in [0.15, 0.2) is 12.4 Å². The van der Waals surface area contributed by atoms with Gasteiger partial charge in [0.2, 0.25) is 0 Å². The number of nitrogens with zero attached hydrogens (tertiary/aromatic N) is 4. The van der Waals surface area contributed by atoms with Crippen LogP contribution in [0.2, 0.25) is 0 Å². The number of nitrogens with one attached hydrogen (secondary N) is 1. The van der Waals surface area contributed by atoms with E-state index in [4.69, 9.17) is 4.74 Å². The molecule has 0 aromatic carbocycles. The Morgan fingerprint density at radius 3 is 2.36 bits per heavy atom. The maximum Gasteiger partial charge on any atom is 0.259 e. The molecule has 22 heavy (non-hydrogen) atoms. The third-order valence-corrected chi connectivity index (χ3v) is 3.62. The summed E-state index contributed by atoms with van der Waals surface area (Å²) in [5.74, 6) is 1.21. The summed E-state index contributed by atoms with van der Waals surface area (Å²) in [6, 6.07) is 0.198. The van der Waals surface area contributed by atoms with Gasteiger partial charge in [0.1, 0.15) is 6.10 Å². The Morgan fingerprint density at radius 2 is 1.77 bits per heavy atom. The number of rotatable bonds is 6. The second-order valence-corrected chi connectivity index (χ2v) is 6.08. The first-order valence-corrected chi connectivity index (χ1v) is 7.82. The number of hydrogen-bond donors (Lipinski definition) is 2. The molecule has 7 heteroatoms. The lowest BCUT2D eigenvalue weighted by molar-refractivity contribution is 0.0190. The minimum absolute atomic E-state index is 0.198. The molecule has 1 aromatic heterocycles. The van der Waals surface area contributed by atoms with Gasteiger partial charge >= 0.3 is 0 Å². The van der Waals surface area contributed by atoms with Gasteiger partial charge in [0.15, 0.2) is 12.0 Å². The van der Waals surface area contributed by atoms with Crippen LogP contribution in [0.4, 0.5) is 5.82 Å². The fourth-order valence-electron chi connectivity index (χ4n) is 2.36. The summed E-state index contributed by atoms with van der Waals surface area (Å²) >= 11 is 0. The minimum atomic E-state index is -0.648. The monoisotopic (exact) mass is 309 g/mol. The molecule has 7 nitrogen and oxygen atoms in total. The first kappa shape index (κ1) is 16.9. The number of aliphatic hydroxyl groups is 1. The highest BCUT2D eigenvalue weighted by molar-refractivity contribution is 5.48. The molecule has 2 heterocycles. The molecule has 2 unspecified atom stereocenters. The predicted molar refractivity (Wildman–Crippen MR) is 86.1 cm³/mol. The molecular weight excluding hydrogens is 282 g/mol. The van der Waals surface area contributed by atoms with E-state index >= 15 is 0 Å². The van der Waals surface area contributed by atoms with E-state index in [1.807, 2.05) is 13.8 Å². The molecule has 2 atom stereocenters. The van der Waals surface area contributed by atoms with Crippen molar-refractivity contribution in [2.75, 3.05) is 38.1 Å². The van der Waals surface area contributed by atoms with E-state index in [0.29, 0.717) is 5.88 Å². The normalized spacial score (nSPS) is 19.3. The summed E-state index contributed by atoms with van der Waals surface area (Å²) < 4.78 is 5.91. The molecule has 2 N–H and O–H groups in total. The molecular formula is C15H27N5O2. The van der Waals surface area contributed by atoms with Crippen LogP contribution in [0.1, 0.15) is 20.8 Å². The van der Waals surface area contributed by atoms with Gasteiger partial charge in [0, 0.05) is 44.6 Å². The molecule has 124 valence electrons. The largest absolute Gasteiger partial charge is 0.453 e. The van der Waals surface area contributed by atoms with Crippen LogP contribution >= 0.6 is 0 Å². The average molecular weight is 309 g/mol. The average Bonchev–Trinajstić information content (AvgIpc) is 2.47. The molecule has 0 aliphatic carbocycles. The SMILES string of the molecule is CC(C)NC(Oc1nccnc1N1CCN(C)CC1)C(C)O. The lowest BCUT2D eigenvalue weighted by Crippen LogP contribution is -2.47. The predicted octanol–water partition coefficient (Wildman–Crippen LogP) is 0.312. The van der Waals surface area contributed by atoms with Crippen molar-refractivity contribution in [3.63, 3.8) is 0 Å². The van der Waals surface area contributed by atoms with Crippen molar-refractivity contribution < 1.29 is 9.84 Å². The molecule has 0 radical (unpaired) electrons. The zero-order valence-electron chi connectivity index (χ0n) is 13.9. The summed E-state index contributed by atoms with van der Waals surface area (Å²) in [5.41, 5.74) is 0. The van der Waals surface area contributed by atoms with E-state index in [2.05, 4.69) is 32.1 Å². The second kappa shape index (κ2) is 7.71. The quantitative estimate of drug-likeness (QED) is 0.733.